The van der Waals surface area contributed by atoms with Crippen molar-refractivity contribution in [2.24, 2.45) is 0 Å². The maximum absolute atomic E-state index is 14.4. The van der Waals surface area contributed by atoms with Gasteiger partial charge in [0, 0.05) is 18.3 Å². The third kappa shape index (κ3) is 4.87. The molecule has 8 nitrogen and oxygen atoms in total. The van der Waals surface area contributed by atoms with E-state index in [4.69, 9.17) is 16.3 Å². The first-order valence-corrected chi connectivity index (χ1v) is 13.4. The van der Waals surface area contributed by atoms with Crippen LogP contribution >= 0.6 is 11.6 Å². The van der Waals surface area contributed by atoms with E-state index in [1.807, 2.05) is 51.1 Å². The molecule has 0 fully saturated rings. The highest BCUT2D eigenvalue weighted by Gasteiger charge is 2.27. The predicted octanol–water partition coefficient (Wildman–Crippen LogP) is 5.69. The van der Waals surface area contributed by atoms with Gasteiger partial charge >= 0.3 is 5.69 Å². The van der Waals surface area contributed by atoms with E-state index in [1.54, 1.807) is 19.1 Å². The lowest BCUT2D eigenvalue weighted by Crippen LogP contribution is -2.32. The second-order valence-corrected chi connectivity index (χ2v) is 10.2. The van der Waals surface area contributed by atoms with Crippen LogP contribution in [0.25, 0.3) is 22.3 Å². The summed E-state index contributed by atoms with van der Waals surface area (Å²) in [5.74, 6) is -0.0797. The smallest absolute Gasteiger partial charge is 0.352 e. The Kier molecular flexibility index (Phi) is 7.69. The summed E-state index contributed by atoms with van der Waals surface area (Å²) in [6, 6.07) is 15.5. The van der Waals surface area contributed by atoms with Gasteiger partial charge in [0.25, 0.3) is 5.56 Å². The van der Waals surface area contributed by atoms with Crippen molar-refractivity contribution >= 4 is 22.4 Å². The molecule has 0 amide bonds. The molecule has 10 heteroatoms. The fraction of sp³-hybridized carbons (Fsp3) is 0.267. The summed E-state index contributed by atoms with van der Waals surface area (Å²) in [7, 11) is 0. The van der Waals surface area contributed by atoms with Crippen molar-refractivity contribution in [1.29, 1.82) is 0 Å². The van der Waals surface area contributed by atoms with Gasteiger partial charge in [-0.25, -0.2) is 14.2 Å². The Morgan fingerprint density at radius 2 is 1.77 bits per heavy atom. The Hall–Kier alpha value is -4.08. The van der Waals surface area contributed by atoms with Gasteiger partial charge in [-0.3, -0.25) is 13.9 Å². The molecule has 206 valence electrons. The van der Waals surface area contributed by atoms with Crippen LogP contribution in [0.5, 0.6) is 0 Å². The van der Waals surface area contributed by atoms with Gasteiger partial charge < -0.3 is 4.74 Å². The summed E-state index contributed by atoms with van der Waals surface area (Å²) in [6.07, 6.45) is 1.54. The Labute approximate surface area is 235 Å². The van der Waals surface area contributed by atoms with Crippen molar-refractivity contribution in [2.75, 3.05) is 0 Å². The SMILES string of the molecule is CCn1c(COCc2ccccc2)nn(-c2c(C(C)C)c3ccc(F)cc3c(=O)n2-c2c(C)ccnc2Cl)c1=O. The lowest BCUT2D eigenvalue weighted by Gasteiger charge is -2.22. The van der Waals surface area contributed by atoms with E-state index in [-0.39, 0.29) is 28.9 Å². The third-order valence-corrected chi connectivity index (χ3v) is 7.12. The van der Waals surface area contributed by atoms with Crippen molar-refractivity contribution < 1.29 is 9.13 Å². The average Bonchev–Trinajstić information content (AvgIpc) is 3.24. The summed E-state index contributed by atoms with van der Waals surface area (Å²) in [5, 5.41) is 5.45. The van der Waals surface area contributed by atoms with Gasteiger partial charge in [0.15, 0.2) is 16.8 Å². The molecule has 0 aliphatic carbocycles. The largest absolute Gasteiger partial charge is 0.369 e. The minimum absolute atomic E-state index is 0.0724. The third-order valence-electron chi connectivity index (χ3n) is 6.84. The zero-order chi connectivity index (χ0) is 28.6. The lowest BCUT2D eigenvalue weighted by atomic mass is 9.96. The zero-order valence-corrected chi connectivity index (χ0v) is 23.4. The molecule has 0 saturated carbocycles. The van der Waals surface area contributed by atoms with Crippen LogP contribution in [-0.4, -0.2) is 23.9 Å². The fourth-order valence-electron chi connectivity index (χ4n) is 4.99. The van der Waals surface area contributed by atoms with Crippen LogP contribution in [0.2, 0.25) is 5.15 Å². The minimum atomic E-state index is -0.544. The number of pyridine rings is 2. The van der Waals surface area contributed by atoms with Gasteiger partial charge in [-0.15, -0.1) is 5.10 Å². The summed E-state index contributed by atoms with van der Waals surface area (Å²) in [6.45, 7) is 8.29. The number of benzene rings is 2. The number of halogens is 2. The van der Waals surface area contributed by atoms with Crippen LogP contribution < -0.4 is 11.2 Å². The lowest BCUT2D eigenvalue weighted by molar-refractivity contribution is 0.0989. The molecule has 40 heavy (non-hydrogen) atoms. The average molecular weight is 562 g/mol. The molecule has 0 radical (unpaired) electrons. The highest BCUT2D eigenvalue weighted by Crippen LogP contribution is 2.33. The highest BCUT2D eigenvalue weighted by atomic mass is 35.5. The molecule has 3 aromatic heterocycles. The maximum Gasteiger partial charge on any atom is 0.352 e. The summed E-state index contributed by atoms with van der Waals surface area (Å²) < 4.78 is 24.4. The first-order valence-electron chi connectivity index (χ1n) is 13.0. The van der Waals surface area contributed by atoms with Crippen LogP contribution in [0.15, 0.2) is 70.4 Å². The van der Waals surface area contributed by atoms with E-state index in [9.17, 15) is 14.0 Å². The van der Waals surface area contributed by atoms with E-state index in [1.165, 1.54) is 32.1 Å². The van der Waals surface area contributed by atoms with E-state index >= 15 is 0 Å². The van der Waals surface area contributed by atoms with Gasteiger partial charge in [-0.05, 0) is 54.5 Å². The van der Waals surface area contributed by atoms with Crippen molar-refractivity contribution in [1.82, 2.24) is 23.9 Å². The Balaban J connectivity index is 1.80. The van der Waals surface area contributed by atoms with Crippen LogP contribution in [0.3, 0.4) is 0 Å². The second-order valence-electron chi connectivity index (χ2n) is 9.82. The van der Waals surface area contributed by atoms with E-state index in [0.29, 0.717) is 41.2 Å². The van der Waals surface area contributed by atoms with Crippen molar-refractivity contribution in [3.05, 3.63) is 115 Å². The number of rotatable bonds is 8. The van der Waals surface area contributed by atoms with E-state index in [2.05, 4.69) is 10.1 Å². The number of hydrogen-bond acceptors (Lipinski definition) is 5. The topological polar surface area (TPSA) is 83.9 Å². The van der Waals surface area contributed by atoms with Crippen LogP contribution in [0, 0.1) is 12.7 Å². The number of ether oxygens (including phenoxy) is 1. The molecule has 5 aromatic rings. The molecular formula is C30H29ClFN5O3. The highest BCUT2D eigenvalue weighted by molar-refractivity contribution is 6.31. The summed E-state index contributed by atoms with van der Waals surface area (Å²) in [4.78, 5) is 32.2. The molecule has 3 heterocycles. The molecule has 0 N–H and O–H groups in total. The van der Waals surface area contributed by atoms with Crippen molar-refractivity contribution in [2.45, 2.75) is 53.4 Å². The van der Waals surface area contributed by atoms with Crippen LogP contribution in [-0.2, 0) is 24.5 Å². The van der Waals surface area contributed by atoms with E-state index in [0.717, 1.165) is 5.56 Å². The van der Waals surface area contributed by atoms with Gasteiger partial charge in [-0.2, -0.15) is 4.68 Å². The summed E-state index contributed by atoms with van der Waals surface area (Å²) in [5.41, 5.74) is 1.63. The van der Waals surface area contributed by atoms with Crippen LogP contribution in [0.4, 0.5) is 4.39 Å². The quantitative estimate of drug-likeness (QED) is 0.227. The van der Waals surface area contributed by atoms with Crippen molar-refractivity contribution in [3.63, 3.8) is 0 Å². The monoisotopic (exact) mass is 561 g/mol. The number of fused-ring (bicyclic) bond motifs is 1. The summed E-state index contributed by atoms with van der Waals surface area (Å²) >= 11 is 6.56. The first kappa shape index (κ1) is 27.5. The number of aromatic nitrogens is 5. The maximum atomic E-state index is 14.4. The molecular weight excluding hydrogens is 533 g/mol. The number of hydrogen-bond donors (Lipinski definition) is 0. The van der Waals surface area contributed by atoms with Gasteiger partial charge in [0.05, 0.1) is 17.7 Å². The normalized spacial score (nSPS) is 11.6. The van der Waals surface area contributed by atoms with E-state index < -0.39 is 17.1 Å². The molecule has 0 aliphatic rings. The molecule has 0 aliphatic heterocycles. The molecule has 0 atom stereocenters. The molecule has 0 bridgehead atoms. The van der Waals surface area contributed by atoms with Gasteiger partial charge in [-0.1, -0.05) is 61.8 Å². The molecule has 0 unspecified atom stereocenters. The Bertz CT molecular complexity index is 1810. The predicted molar refractivity (Wildman–Crippen MR) is 153 cm³/mol. The fourth-order valence-corrected chi connectivity index (χ4v) is 5.28. The zero-order valence-electron chi connectivity index (χ0n) is 22.7. The van der Waals surface area contributed by atoms with Crippen molar-refractivity contribution in [3.8, 4) is 11.5 Å². The molecule has 0 saturated heterocycles. The second kappa shape index (κ2) is 11.2. The number of aryl methyl sites for hydroxylation is 1. The Morgan fingerprint density at radius 1 is 1.02 bits per heavy atom. The Morgan fingerprint density at radius 3 is 2.45 bits per heavy atom. The van der Waals surface area contributed by atoms with Crippen LogP contribution in [0.1, 0.15) is 49.2 Å². The standard InChI is InChI=1S/C30H29ClFN5O3/c1-5-35-24(17-40-16-20-9-7-6-8-10-20)34-37(30(35)39)28-25(18(2)3)22-12-11-21(32)15-23(22)29(38)36(28)26-19(4)13-14-33-27(26)31/h6-15,18H,5,16-17H2,1-4H3. The number of nitrogens with zero attached hydrogens (tertiary/aromatic N) is 5. The molecule has 0 spiro atoms. The molecule has 2 aromatic carbocycles. The molecule has 5 rings (SSSR count). The first-order chi connectivity index (χ1) is 19.2. The van der Waals surface area contributed by atoms with Gasteiger partial charge in [0.1, 0.15) is 12.4 Å². The van der Waals surface area contributed by atoms with Gasteiger partial charge in [0.2, 0.25) is 0 Å². The minimum Gasteiger partial charge on any atom is -0.369 e.